The Bertz CT molecular complexity index is 1400. The molecule has 38 heavy (non-hydrogen) atoms. The van der Waals surface area contributed by atoms with Gasteiger partial charge in [-0.15, -0.1) is 0 Å². The van der Waals surface area contributed by atoms with Crippen LogP contribution >= 0.6 is 0 Å². The van der Waals surface area contributed by atoms with Gasteiger partial charge >= 0.3 is 12.1 Å². The molecule has 2 aromatic heterocycles. The van der Waals surface area contributed by atoms with Crippen molar-refractivity contribution < 1.29 is 33.3 Å². The normalized spacial score (nSPS) is 11.3. The molecule has 0 saturated heterocycles. The van der Waals surface area contributed by atoms with E-state index in [1.807, 2.05) is 31.2 Å². The Morgan fingerprint density at radius 2 is 1.66 bits per heavy atom. The maximum absolute atomic E-state index is 12.0. The molecule has 0 fully saturated rings. The van der Waals surface area contributed by atoms with Gasteiger partial charge in [0.1, 0.15) is 17.3 Å². The fourth-order valence-corrected chi connectivity index (χ4v) is 3.86. The zero-order valence-electron chi connectivity index (χ0n) is 21.8. The van der Waals surface area contributed by atoms with E-state index in [2.05, 4.69) is 4.98 Å². The van der Waals surface area contributed by atoms with Crippen molar-refractivity contribution in [1.29, 1.82) is 0 Å². The van der Waals surface area contributed by atoms with Crippen LogP contribution in [0, 0.1) is 6.92 Å². The number of aryl methyl sites for hydroxylation is 1. The lowest BCUT2D eigenvalue weighted by Gasteiger charge is -2.24. The molecule has 0 aliphatic carbocycles. The molecule has 2 aromatic carbocycles. The predicted molar refractivity (Wildman–Crippen MR) is 141 cm³/mol. The number of oxazole rings is 1. The molecule has 0 atom stereocenters. The van der Waals surface area contributed by atoms with Crippen LogP contribution in [-0.4, -0.2) is 45.5 Å². The van der Waals surface area contributed by atoms with Crippen LogP contribution in [-0.2, 0) is 16.0 Å². The molecular formula is C29H30N2O7. The Balaban J connectivity index is 1.34. The second-order valence-corrected chi connectivity index (χ2v) is 9.05. The van der Waals surface area contributed by atoms with E-state index in [4.69, 9.17) is 18.6 Å². The first-order valence-electron chi connectivity index (χ1n) is 12.2. The van der Waals surface area contributed by atoms with E-state index in [1.165, 1.54) is 10.8 Å². The number of benzene rings is 2. The first-order chi connectivity index (χ1) is 18.2. The molecule has 9 nitrogen and oxygen atoms in total. The predicted octanol–water partition coefficient (Wildman–Crippen LogP) is 5.99. The Morgan fingerprint density at radius 1 is 1.00 bits per heavy atom. The largest absolute Gasteiger partial charge is 0.493 e. The number of aromatic nitrogens is 2. The smallest absolute Gasteiger partial charge is 0.415 e. The third-order valence-electron chi connectivity index (χ3n) is 5.85. The van der Waals surface area contributed by atoms with E-state index in [-0.39, 0.29) is 0 Å². The van der Waals surface area contributed by atoms with Crippen molar-refractivity contribution in [3.05, 3.63) is 78.3 Å². The molecule has 9 heteroatoms. The third-order valence-corrected chi connectivity index (χ3v) is 5.85. The van der Waals surface area contributed by atoms with Crippen LogP contribution in [0.2, 0.25) is 0 Å². The van der Waals surface area contributed by atoms with Gasteiger partial charge < -0.3 is 23.7 Å². The molecule has 0 saturated carbocycles. The van der Waals surface area contributed by atoms with Gasteiger partial charge in [-0.25, -0.2) is 14.6 Å². The summed E-state index contributed by atoms with van der Waals surface area (Å²) in [5, 5.41) is 9.32. The summed E-state index contributed by atoms with van der Waals surface area (Å²) in [5.74, 6) is 1.97. The van der Waals surface area contributed by atoms with Crippen LogP contribution in [0.1, 0.15) is 32.2 Å². The number of hydrogen-bond donors (Lipinski definition) is 1. The number of hydrogen-bond acceptors (Lipinski definition) is 7. The number of ether oxygens (including phenoxy) is 3. The zero-order chi connectivity index (χ0) is 27.3. The molecule has 0 aliphatic heterocycles. The number of carboxylic acid groups (broad SMARTS) is 1. The van der Waals surface area contributed by atoms with Gasteiger partial charge in [-0.3, -0.25) is 4.57 Å². The summed E-state index contributed by atoms with van der Waals surface area (Å²) in [6, 6.07) is 17.9. The van der Waals surface area contributed by atoms with Crippen LogP contribution in [0.15, 0.2) is 71.3 Å². The summed E-state index contributed by atoms with van der Waals surface area (Å²) >= 11 is 0. The second kappa shape index (κ2) is 11.2. The molecule has 1 N–H and O–H groups in total. The minimum absolute atomic E-state index is 0.293. The van der Waals surface area contributed by atoms with Crippen molar-refractivity contribution in [2.24, 2.45) is 0 Å². The van der Waals surface area contributed by atoms with E-state index in [9.17, 15) is 14.7 Å². The molecule has 0 spiro atoms. The quantitative estimate of drug-likeness (QED) is 0.255. The summed E-state index contributed by atoms with van der Waals surface area (Å²) in [6.07, 6.45) is 1.02. The molecule has 0 bridgehead atoms. The Hall–Kier alpha value is -4.53. The zero-order valence-corrected chi connectivity index (χ0v) is 21.8. The van der Waals surface area contributed by atoms with Crippen molar-refractivity contribution in [2.75, 3.05) is 13.2 Å². The first-order valence-corrected chi connectivity index (χ1v) is 12.2. The van der Waals surface area contributed by atoms with E-state index >= 15 is 0 Å². The van der Waals surface area contributed by atoms with Crippen molar-refractivity contribution in [1.82, 2.24) is 9.55 Å². The SMILES string of the molecule is CCOC(=O)C(C)(C)Oc1ccc(OCCc2nc(-c3ccc(-c4cccn4C(=O)O)cc3)oc2C)cc1. The molecule has 0 aliphatic rings. The van der Waals surface area contributed by atoms with Crippen molar-refractivity contribution >= 4 is 12.1 Å². The van der Waals surface area contributed by atoms with E-state index in [0.717, 1.165) is 16.8 Å². The van der Waals surface area contributed by atoms with Crippen LogP contribution in [0.3, 0.4) is 0 Å². The van der Waals surface area contributed by atoms with Crippen molar-refractivity contribution in [3.8, 4) is 34.2 Å². The fourth-order valence-electron chi connectivity index (χ4n) is 3.86. The molecule has 0 unspecified atom stereocenters. The summed E-state index contributed by atoms with van der Waals surface area (Å²) in [6.45, 7) is 7.63. The highest BCUT2D eigenvalue weighted by Gasteiger charge is 2.31. The van der Waals surface area contributed by atoms with Gasteiger partial charge in [0.15, 0.2) is 5.60 Å². The topological polar surface area (TPSA) is 113 Å². The van der Waals surface area contributed by atoms with Crippen LogP contribution in [0.5, 0.6) is 11.5 Å². The molecule has 198 valence electrons. The minimum Gasteiger partial charge on any atom is -0.493 e. The maximum atomic E-state index is 12.0. The molecule has 4 rings (SSSR count). The number of nitrogens with zero attached hydrogens (tertiary/aromatic N) is 2. The van der Waals surface area contributed by atoms with E-state index in [0.29, 0.717) is 48.5 Å². The van der Waals surface area contributed by atoms with Gasteiger partial charge in [0.05, 0.1) is 24.6 Å². The molecule has 2 heterocycles. The first kappa shape index (κ1) is 26.5. The lowest BCUT2D eigenvalue weighted by atomic mass is 10.1. The number of carbonyl (C=O) groups is 2. The Labute approximate surface area is 220 Å². The number of carbonyl (C=O) groups excluding carboxylic acids is 1. The summed E-state index contributed by atoms with van der Waals surface area (Å²) in [4.78, 5) is 28.0. The second-order valence-electron chi connectivity index (χ2n) is 9.05. The van der Waals surface area contributed by atoms with Gasteiger partial charge in [-0.1, -0.05) is 12.1 Å². The average Bonchev–Trinajstić information content (AvgIpc) is 3.53. The highest BCUT2D eigenvalue weighted by Crippen LogP contribution is 2.27. The molecule has 0 amide bonds. The van der Waals surface area contributed by atoms with Gasteiger partial charge in [-0.2, -0.15) is 0 Å². The molecule has 4 aromatic rings. The van der Waals surface area contributed by atoms with E-state index in [1.54, 1.807) is 57.2 Å². The fraction of sp³-hybridized carbons (Fsp3) is 0.276. The average molecular weight is 519 g/mol. The summed E-state index contributed by atoms with van der Waals surface area (Å²) in [5.41, 5.74) is 1.86. The monoisotopic (exact) mass is 518 g/mol. The summed E-state index contributed by atoms with van der Waals surface area (Å²) < 4.78 is 23.7. The lowest BCUT2D eigenvalue weighted by molar-refractivity contribution is -0.158. The lowest BCUT2D eigenvalue weighted by Crippen LogP contribution is -2.39. The van der Waals surface area contributed by atoms with Gasteiger partial charge in [0.2, 0.25) is 5.89 Å². The van der Waals surface area contributed by atoms with E-state index < -0.39 is 17.7 Å². The third kappa shape index (κ3) is 6.05. The Morgan fingerprint density at radius 3 is 2.32 bits per heavy atom. The highest BCUT2D eigenvalue weighted by atomic mass is 16.6. The van der Waals surface area contributed by atoms with Crippen LogP contribution < -0.4 is 9.47 Å². The minimum atomic E-state index is -1.09. The Kier molecular flexibility index (Phi) is 7.85. The molecular weight excluding hydrogens is 488 g/mol. The number of esters is 1. The summed E-state index contributed by atoms with van der Waals surface area (Å²) in [7, 11) is 0. The van der Waals surface area contributed by atoms with Gasteiger partial charge in [0, 0.05) is 18.2 Å². The highest BCUT2D eigenvalue weighted by molar-refractivity contribution is 5.79. The standard InChI is InChI=1S/C29H30N2O7/c1-5-35-27(32)29(3,4)38-23-14-12-22(13-15-23)36-18-16-24-19(2)37-26(30-24)21-10-8-20(9-11-21)25-7-6-17-31(25)28(33)34/h6-15,17H,5,16,18H2,1-4H3,(H,33,34). The molecule has 0 radical (unpaired) electrons. The van der Waals surface area contributed by atoms with Gasteiger partial charge in [-0.05, 0) is 81.8 Å². The van der Waals surface area contributed by atoms with Gasteiger partial charge in [0.25, 0.3) is 0 Å². The van der Waals surface area contributed by atoms with Crippen molar-refractivity contribution in [2.45, 2.75) is 39.7 Å². The number of rotatable bonds is 10. The van der Waals surface area contributed by atoms with Crippen LogP contribution in [0.4, 0.5) is 4.79 Å². The van der Waals surface area contributed by atoms with Crippen LogP contribution in [0.25, 0.3) is 22.7 Å². The maximum Gasteiger partial charge on any atom is 0.415 e. The van der Waals surface area contributed by atoms with Crippen molar-refractivity contribution in [3.63, 3.8) is 0 Å².